The van der Waals surface area contributed by atoms with Crippen molar-refractivity contribution in [3.05, 3.63) is 34.3 Å². The first-order valence-electron chi connectivity index (χ1n) is 5.39. The summed E-state index contributed by atoms with van der Waals surface area (Å²) in [6, 6.07) is 8.78. The van der Waals surface area contributed by atoms with Crippen LogP contribution >= 0.6 is 15.9 Å². The molecule has 1 aliphatic rings. The fraction of sp³-hybridized carbons (Fsp3) is 0.500. The number of aliphatic hydroxyl groups is 1. The molecule has 1 aliphatic heterocycles. The van der Waals surface area contributed by atoms with Crippen molar-refractivity contribution in [2.24, 2.45) is 0 Å². The molecule has 82 valence electrons. The summed E-state index contributed by atoms with van der Waals surface area (Å²) in [4.78, 5) is 2.36. The highest BCUT2D eigenvalue weighted by molar-refractivity contribution is 9.10. The molecular formula is C12H16BrNO. The van der Waals surface area contributed by atoms with E-state index in [0.717, 1.165) is 24.0 Å². The highest BCUT2D eigenvalue weighted by Crippen LogP contribution is 2.20. The van der Waals surface area contributed by atoms with Gasteiger partial charge in [-0.2, -0.15) is 0 Å². The molecule has 0 aromatic heterocycles. The lowest BCUT2D eigenvalue weighted by Gasteiger charge is -2.22. The maximum absolute atomic E-state index is 9.21. The Hall–Kier alpha value is -0.380. The van der Waals surface area contributed by atoms with Crippen LogP contribution in [0.2, 0.25) is 0 Å². The standard InChI is InChI=1S/C12H16BrNO/c13-11-5-3-10(4-6-11)8-14-7-1-2-12(14)9-15/h3-6,12,15H,1-2,7-9H2/t12-/m1/s1. The van der Waals surface area contributed by atoms with E-state index < -0.39 is 0 Å². The van der Waals surface area contributed by atoms with Crippen molar-refractivity contribution in [2.75, 3.05) is 13.2 Å². The third-order valence-electron chi connectivity index (χ3n) is 3.01. The van der Waals surface area contributed by atoms with Crippen LogP contribution < -0.4 is 0 Å². The minimum Gasteiger partial charge on any atom is -0.395 e. The van der Waals surface area contributed by atoms with Crippen LogP contribution in [0.15, 0.2) is 28.7 Å². The fourth-order valence-corrected chi connectivity index (χ4v) is 2.40. The Morgan fingerprint density at radius 2 is 2.07 bits per heavy atom. The first kappa shape index (κ1) is 11.1. The lowest BCUT2D eigenvalue weighted by molar-refractivity contribution is 0.153. The van der Waals surface area contributed by atoms with E-state index in [1.807, 2.05) is 0 Å². The average molecular weight is 270 g/mol. The van der Waals surface area contributed by atoms with Gasteiger partial charge >= 0.3 is 0 Å². The van der Waals surface area contributed by atoms with Crippen LogP contribution in [0, 0.1) is 0 Å². The molecule has 1 heterocycles. The van der Waals surface area contributed by atoms with Gasteiger partial charge in [-0.1, -0.05) is 28.1 Å². The van der Waals surface area contributed by atoms with Gasteiger partial charge in [0.25, 0.3) is 0 Å². The zero-order valence-electron chi connectivity index (χ0n) is 8.69. The number of halogens is 1. The zero-order chi connectivity index (χ0) is 10.7. The van der Waals surface area contributed by atoms with E-state index in [2.05, 4.69) is 45.1 Å². The minimum atomic E-state index is 0.288. The molecule has 0 spiro atoms. The van der Waals surface area contributed by atoms with Crippen molar-refractivity contribution in [3.63, 3.8) is 0 Å². The molecular weight excluding hydrogens is 254 g/mol. The summed E-state index contributed by atoms with van der Waals surface area (Å²) in [5.74, 6) is 0. The zero-order valence-corrected chi connectivity index (χ0v) is 10.3. The van der Waals surface area contributed by atoms with E-state index >= 15 is 0 Å². The van der Waals surface area contributed by atoms with Gasteiger partial charge in [-0.05, 0) is 37.1 Å². The molecule has 0 aliphatic carbocycles. The van der Waals surface area contributed by atoms with Gasteiger partial charge in [0.15, 0.2) is 0 Å². The van der Waals surface area contributed by atoms with Gasteiger partial charge in [0.05, 0.1) is 6.61 Å². The quantitative estimate of drug-likeness (QED) is 0.911. The van der Waals surface area contributed by atoms with Crippen molar-refractivity contribution in [1.82, 2.24) is 4.90 Å². The first-order valence-corrected chi connectivity index (χ1v) is 6.18. The summed E-state index contributed by atoms with van der Waals surface area (Å²) in [7, 11) is 0. The Morgan fingerprint density at radius 3 is 2.73 bits per heavy atom. The van der Waals surface area contributed by atoms with E-state index in [4.69, 9.17) is 0 Å². The molecule has 1 saturated heterocycles. The first-order chi connectivity index (χ1) is 7.29. The summed E-state index contributed by atoms with van der Waals surface area (Å²) in [5, 5.41) is 9.21. The van der Waals surface area contributed by atoms with Crippen LogP contribution in [0.3, 0.4) is 0 Å². The lowest BCUT2D eigenvalue weighted by atomic mass is 10.2. The normalized spacial score (nSPS) is 22.1. The minimum absolute atomic E-state index is 0.288. The second kappa shape index (κ2) is 5.10. The highest BCUT2D eigenvalue weighted by atomic mass is 79.9. The Kier molecular flexibility index (Phi) is 3.78. The smallest absolute Gasteiger partial charge is 0.0587 e. The molecule has 0 radical (unpaired) electrons. The molecule has 1 aromatic carbocycles. The second-order valence-electron chi connectivity index (χ2n) is 4.08. The van der Waals surface area contributed by atoms with Crippen molar-refractivity contribution < 1.29 is 5.11 Å². The van der Waals surface area contributed by atoms with E-state index in [0.29, 0.717) is 6.04 Å². The van der Waals surface area contributed by atoms with E-state index in [1.54, 1.807) is 0 Å². The number of nitrogens with zero attached hydrogens (tertiary/aromatic N) is 1. The summed E-state index contributed by atoms with van der Waals surface area (Å²) >= 11 is 3.43. The maximum atomic E-state index is 9.21. The van der Waals surface area contributed by atoms with Gasteiger partial charge in [0, 0.05) is 17.1 Å². The number of rotatable bonds is 3. The van der Waals surface area contributed by atoms with Gasteiger partial charge in [-0.15, -0.1) is 0 Å². The third-order valence-corrected chi connectivity index (χ3v) is 3.54. The second-order valence-corrected chi connectivity index (χ2v) is 4.99. The Labute approximate surface area is 99.0 Å². The molecule has 1 atom stereocenters. The Morgan fingerprint density at radius 1 is 1.33 bits per heavy atom. The largest absolute Gasteiger partial charge is 0.395 e. The van der Waals surface area contributed by atoms with Crippen molar-refractivity contribution in [3.8, 4) is 0 Å². The van der Waals surface area contributed by atoms with Crippen LogP contribution in [0.5, 0.6) is 0 Å². The van der Waals surface area contributed by atoms with E-state index in [-0.39, 0.29) is 6.61 Å². The van der Waals surface area contributed by atoms with Crippen LogP contribution in [0.25, 0.3) is 0 Å². The lowest BCUT2D eigenvalue weighted by Crippen LogP contribution is -2.31. The average Bonchev–Trinajstić information content (AvgIpc) is 2.69. The molecule has 0 unspecified atom stereocenters. The maximum Gasteiger partial charge on any atom is 0.0587 e. The van der Waals surface area contributed by atoms with Gasteiger partial charge in [0.2, 0.25) is 0 Å². The van der Waals surface area contributed by atoms with Crippen molar-refractivity contribution in [2.45, 2.75) is 25.4 Å². The Bertz CT molecular complexity index is 312. The number of aliphatic hydroxyl groups excluding tert-OH is 1. The van der Waals surface area contributed by atoms with E-state index in [1.165, 1.54) is 12.0 Å². The molecule has 1 fully saturated rings. The predicted octanol–water partition coefficient (Wildman–Crippen LogP) is 2.41. The summed E-state index contributed by atoms with van der Waals surface area (Å²) < 4.78 is 1.12. The van der Waals surface area contributed by atoms with Gasteiger partial charge in [-0.3, -0.25) is 4.90 Å². The molecule has 2 nitrogen and oxygen atoms in total. The molecule has 0 bridgehead atoms. The monoisotopic (exact) mass is 269 g/mol. The highest BCUT2D eigenvalue weighted by Gasteiger charge is 2.23. The van der Waals surface area contributed by atoms with E-state index in [9.17, 15) is 5.11 Å². The third kappa shape index (κ3) is 2.80. The number of hydrogen-bond donors (Lipinski definition) is 1. The fourth-order valence-electron chi connectivity index (χ4n) is 2.13. The molecule has 1 N–H and O–H groups in total. The number of hydrogen-bond acceptors (Lipinski definition) is 2. The summed E-state index contributed by atoms with van der Waals surface area (Å²) in [6.07, 6.45) is 2.34. The van der Waals surface area contributed by atoms with Crippen LogP contribution in [-0.4, -0.2) is 29.2 Å². The topological polar surface area (TPSA) is 23.5 Å². The Balaban J connectivity index is 1.99. The van der Waals surface area contributed by atoms with Crippen LogP contribution in [-0.2, 0) is 6.54 Å². The molecule has 2 rings (SSSR count). The molecule has 3 heteroatoms. The molecule has 1 aromatic rings. The van der Waals surface area contributed by atoms with Crippen molar-refractivity contribution in [1.29, 1.82) is 0 Å². The molecule has 0 amide bonds. The van der Waals surface area contributed by atoms with Gasteiger partial charge < -0.3 is 5.11 Å². The van der Waals surface area contributed by atoms with Gasteiger partial charge in [-0.25, -0.2) is 0 Å². The SMILES string of the molecule is OC[C@H]1CCCN1Cc1ccc(Br)cc1. The van der Waals surface area contributed by atoms with Gasteiger partial charge in [0.1, 0.15) is 0 Å². The number of likely N-dealkylation sites (tertiary alicyclic amines) is 1. The summed E-state index contributed by atoms with van der Waals surface area (Å²) in [5.41, 5.74) is 1.32. The van der Waals surface area contributed by atoms with Crippen LogP contribution in [0.1, 0.15) is 18.4 Å². The summed E-state index contributed by atoms with van der Waals surface area (Å²) in [6.45, 7) is 2.36. The molecule has 15 heavy (non-hydrogen) atoms. The number of benzene rings is 1. The van der Waals surface area contributed by atoms with Crippen LogP contribution in [0.4, 0.5) is 0 Å². The van der Waals surface area contributed by atoms with Crippen molar-refractivity contribution >= 4 is 15.9 Å². The molecule has 0 saturated carbocycles. The predicted molar refractivity (Wildman–Crippen MR) is 64.7 cm³/mol.